The molecule has 17 heavy (non-hydrogen) atoms. The molecule has 2 aromatic rings. The summed E-state index contributed by atoms with van der Waals surface area (Å²) in [4.78, 5) is 0. The van der Waals surface area contributed by atoms with Gasteiger partial charge in [0, 0.05) is 0 Å². The molecule has 1 nitrogen and oxygen atoms in total. The van der Waals surface area contributed by atoms with E-state index in [9.17, 15) is 0 Å². The molecule has 1 aliphatic carbocycles. The molecule has 2 aromatic carbocycles. The molecule has 0 saturated heterocycles. The molecule has 3 rings (SSSR count). The Kier molecular flexibility index (Phi) is 2.60. The topological polar surface area (TPSA) is 9.23 Å². The molecule has 0 bridgehead atoms. The van der Waals surface area contributed by atoms with Gasteiger partial charge in [-0.1, -0.05) is 36.4 Å². The Morgan fingerprint density at radius 2 is 1.35 bits per heavy atom. The summed E-state index contributed by atoms with van der Waals surface area (Å²) in [6.45, 7) is 0. The molecule has 0 amide bonds. The molecule has 0 aromatic heterocycles. The molecule has 1 saturated carbocycles. The predicted molar refractivity (Wildman–Crippen MR) is 70.4 cm³/mol. The third-order valence-electron chi connectivity index (χ3n) is 3.38. The summed E-state index contributed by atoms with van der Waals surface area (Å²) in [6, 6.07) is 17.2. The lowest BCUT2D eigenvalue weighted by Gasteiger charge is -2.05. The first kappa shape index (κ1) is 10.4. The molecule has 0 heterocycles. The van der Waals surface area contributed by atoms with Crippen LogP contribution < -0.4 is 4.74 Å². The zero-order chi connectivity index (χ0) is 11.7. The highest BCUT2D eigenvalue weighted by Crippen LogP contribution is 2.40. The lowest BCUT2D eigenvalue weighted by atomic mass is 10.0. The second-order valence-electron chi connectivity index (χ2n) is 4.62. The minimum Gasteiger partial charge on any atom is -0.497 e. The standard InChI is InChI=1S/C16H16O/c1-17-16-10-8-15(9-11-16)14-6-4-13(5-7-14)12-2-3-12/h4-12H,2-3H2,1H3. The SMILES string of the molecule is COc1ccc(-c2ccc(C3CC3)cc2)cc1. The van der Waals surface area contributed by atoms with Crippen LogP contribution >= 0.6 is 0 Å². The minimum atomic E-state index is 0.833. The molecular formula is C16H16O. The van der Waals surface area contributed by atoms with Crippen LogP contribution in [0.15, 0.2) is 48.5 Å². The molecule has 0 radical (unpaired) electrons. The Hall–Kier alpha value is -1.76. The molecule has 1 fully saturated rings. The van der Waals surface area contributed by atoms with E-state index in [1.165, 1.54) is 29.5 Å². The Bertz CT molecular complexity index is 492. The van der Waals surface area contributed by atoms with Crippen molar-refractivity contribution in [3.05, 3.63) is 54.1 Å². The van der Waals surface area contributed by atoms with Crippen LogP contribution in [0.5, 0.6) is 5.75 Å². The Balaban J connectivity index is 1.86. The van der Waals surface area contributed by atoms with E-state index >= 15 is 0 Å². The van der Waals surface area contributed by atoms with Crippen molar-refractivity contribution in [2.24, 2.45) is 0 Å². The van der Waals surface area contributed by atoms with Crippen LogP contribution in [0.1, 0.15) is 24.3 Å². The van der Waals surface area contributed by atoms with Gasteiger partial charge in [-0.25, -0.2) is 0 Å². The fraction of sp³-hybridized carbons (Fsp3) is 0.250. The first-order valence-electron chi connectivity index (χ1n) is 6.11. The van der Waals surface area contributed by atoms with E-state index in [0.717, 1.165) is 11.7 Å². The summed E-state index contributed by atoms with van der Waals surface area (Å²) < 4.78 is 5.16. The van der Waals surface area contributed by atoms with Gasteiger partial charge in [0.1, 0.15) is 5.75 Å². The summed E-state index contributed by atoms with van der Waals surface area (Å²) in [5, 5.41) is 0. The zero-order valence-corrected chi connectivity index (χ0v) is 10.0. The number of rotatable bonds is 3. The van der Waals surface area contributed by atoms with Crippen molar-refractivity contribution in [2.45, 2.75) is 18.8 Å². The first-order valence-corrected chi connectivity index (χ1v) is 6.11. The van der Waals surface area contributed by atoms with Gasteiger partial charge in [-0.2, -0.15) is 0 Å². The molecule has 0 N–H and O–H groups in total. The fourth-order valence-electron chi connectivity index (χ4n) is 2.15. The predicted octanol–water partition coefficient (Wildman–Crippen LogP) is 4.24. The molecular weight excluding hydrogens is 208 g/mol. The van der Waals surface area contributed by atoms with Crippen LogP contribution in [0.25, 0.3) is 11.1 Å². The van der Waals surface area contributed by atoms with Gasteiger partial charge in [-0.3, -0.25) is 0 Å². The third kappa shape index (κ3) is 2.19. The van der Waals surface area contributed by atoms with E-state index in [1.807, 2.05) is 12.1 Å². The smallest absolute Gasteiger partial charge is 0.118 e. The monoisotopic (exact) mass is 224 g/mol. The maximum atomic E-state index is 5.16. The van der Waals surface area contributed by atoms with E-state index in [-0.39, 0.29) is 0 Å². The maximum Gasteiger partial charge on any atom is 0.118 e. The van der Waals surface area contributed by atoms with Crippen molar-refractivity contribution in [3.8, 4) is 16.9 Å². The van der Waals surface area contributed by atoms with E-state index in [2.05, 4.69) is 36.4 Å². The largest absolute Gasteiger partial charge is 0.497 e. The van der Waals surface area contributed by atoms with Crippen LogP contribution in [0.2, 0.25) is 0 Å². The summed E-state index contributed by atoms with van der Waals surface area (Å²) in [6.07, 6.45) is 2.73. The van der Waals surface area contributed by atoms with E-state index in [4.69, 9.17) is 4.74 Å². The highest BCUT2D eigenvalue weighted by molar-refractivity contribution is 5.64. The number of hydrogen-bond acceptors (Lipinski definition) is 1. The van der Waals surface area contributed by atoms with Crippen LogP contribution in [-0.2, 0) is 0 Å². The molecule has 1 heteroatoms. The van der Waals surface area contributed by atoms with Gasteiger partial charge in [-0.05, 0) is 47.6 Å². The summed E-state index contributed by atoms with van der Waals surface area (Å²) in [7, 11) is 1.69. The number of methoxy groups -OCH3 is 1. The molecule has 0 atom stereocenters. The van der Waals surface area contributed by atoms with Gasteiger partial charge in [0.25, 0.3) is 0 Å². The first-order chi connectivity index (χ1) is 8.36. The van der Waals surface area contributed by atoms with Gasteiger partial charge >= 0.3 is 0 Å². The molecule has 86 valence electrons. The van der Waals surface area contributed by atoms with Crippen LogP contribution in [-0.4, -0.2) is 7.11 Å². The molecule has 0 spiro atoms. The van der Waals surface area contributed by atoms with E-state index in [1.54, 1.807) is 7.11 Å². The minimum absolute atomic E-state index is 0.833. The Labute approximate surface area is 102 Å². The lowest BCUT2D eigenvalue weighted by molar-refractivity contribution is 0.415. The normalized spacial score (nSPS) is 14.6. The van der Waals surface area contributed by atoms with Gasteiger partial charge in [0.15, 0.2) is 0 Å². The van der Waals surface area contributed by atoms with Crippen molar-refractivity contribution in [1.82, 2.24) is 0 Å². The fourth-order valence-corrected chi connectivity index (χ4v) is 2.15. The average Bonchev–Trinajstić information content (AvgIpc) is 3.24. The van der Waals surface area contributed by atoms with E-state index < -0.39 is 0 Å². The summed E-state index contributed by atoms with van der Waals surface area (Å²) in [5.74, 6) is 1.74. The van der Waals surface area contributed by atoms with Crippen molar-refractivity contribution in [1.29, 1.82) is 0 Å². The van der Waals surface area contributed by atoms with Gasteiger partial charge < -0.3 is 4.74 Å². The second kappa shape index (κ2) is 4.25. The highest BCUT2D eigenvalue weighted by Gasteiger charge is 2.22. The number of hydrogen-bond donors (Lipinski definition) is 0. The van der Waals surface area contributed by atoms with Crippen LogP contribution in [0, 0.1) is 0 Å². The highest BCUT2D eigenvalue weighted by atomic mass is 16.5. The zero-order valence-electron chi connectivity index (χ0n) is 10.0. The van der Waals surface area contributed by atoms with Gasteiger partial charge in [-0.15, -0.1) is 0 Å². The molecule has 1 aliphatic rings. The quantitative estimate of drug-likeness (QED) is 0.757. The Morgan fingerprint density at radius 1 is 0.824 bits per heavy atom. The molecule has 0 aliphatic heterocycles. The van der Waals surface area contributed by atoms with Crippen molar-refractivity contribution in [2.75, 3.05) is 7.11 Å². The van der Waals surface area contributed by atoms with Crippen LogP contribution in [0.3, 0.4) is 0 Å². The average molecular weight is 224 g/mol. The van der Waals surface area contributed by atoms with E-state index in [0.29, 0.717) is 0 Å². The number of ether oxygens (including phenoxy) is 1. The van der Waals surface area contributed by atoms with Crippen molar-refractivity contribution < 1.29 is 4.74 Å². The Morgan fingerprint density at radius 3 is 1.82 bits per heavy atom. The van der Waals surface area contributed by atoms with Crippen molar-refractivity contribution >= 4 is 0 Å². The van der Waals surface area contributed by atoms with Crippen LogP contribution in [0.4, 0.5) is 0 Å². The third-order valence-corrected chi connectivity index (χ3v) is 3.38. The van der Waals surface area contributed by atoms with Gasteiger partial charge in [0.2, 0.25) is 0 Å². The second-order valence-corrected chi connectivity index (χ2v) is 4.62. The summed E-state index contributed by atoms with van der Waals surface area (Å²) in [5.41, 5.74) is 4.01. The number of benzene rings is 2. The summed E-state index contributed by atoms with van der Waals surface area (Å²) >= 11 is 0. The van der Waals surface area contributed by atoms with Crippen molar-refractivity contribution in [3.63, 3.8) is 0 Å². The lowest BCUT2D eigenvalue weighted by Crippen LogP contribution is -1.83. The van der Waals surface area contributed by atoms with Gasteiger partial charge in [0.05, 0.1) is 7.11 Å². The molecule has 0 unspecified atom stereocenters. The maximum absolute atomic E-state index is 5.16.